The molecule has 0 heterocycles. The van der Waals surface area contributed by atoms with Crippen molar-refractivity contribution in [3.05, 3.63) is 71.3 Å². The Morgan fingerprint density at radius 3 is 2.03 bits per heavy atom. The number of aldehydes is 1. The Hall–Kier alpha value is -3.28. The summed E-state index contributed by atoms with van der Waals surface area (Å²) in [5, 5.41) is 5.55. The molecule has 0 fully saturated rings. The van der Waals surface area contributed by atoms with Crippen molar-refractivity contribution in [2.24, 2.45) is 11.8 Å². The van der Waals surface area contributed by atoms with E-state index in [2.05, 4.69) is 10.6 Å². The van der Waals surface area contributed by atoms with E-state index in [1.165, 1.54) is 6.92 Å². The lowest BCUT2D eigenvalue weighted by atomic mass is 9.90. The summed E-state index contributed by atoms with van der Waals surface area (Å²) < 4.78 is 0. The molecule has 0 unspecified atom stereocenters. The first-order valence-corrected chi connectivity index (χ1v) is 11.8. The van der Waals surface area contributed by atoms with Crippen LogP contribution < -0.4 is 10.6 Å². The van der Waals surface area contributed by atoms with Crippen LogP contribution in [0.3, 0.4) is 0 Å². The largest absolute Gasteiger partial charge is 0.344 e. The quantitative estimate of drug-likeness (QED) is 0.443. The van der Waals surface area contributed by atoms with Crippen LogP contribution in [0.4, 0.5) is 0 Å². The van der Waals surface area contributed by atoms with Crippen LogP contribution in [-0.4, -0.2) is 36.0 Å². The number of benzene rings is 2. The van der Waals surface area contributed by atoms with Crippen LogP contribution >= 0.6 is 0 Å². The van der Waals surface area contributed by atoms with Gasteiger partial charge in [-0.3, -0.25) is 14.4 Å². The fourth-order valence-corrected chi connectivity index (χ4v) is 3.91. The Morgan fingerprint density at radius 2 is 1.47 bits per heavy atom. The highest BCUT2D eigenvalue weighted by molar-refractivity contribution is 5.93. The van der Waals surface area contributed by atoms with Gasteiger partial charge in [-0.15, -0.1) is 0 Å². The highest BCUT2D eigenvalue weighted by Gasteiger charge is 2.28. The molecule has 2 rings (SSSR count). The highest BCUT2D eigenvalue weighted by atomic mass is 16.2. The van der Waals surface area contributed by atoms with Crippen LogP contribution in [0.1, 0.15) is 50.3 Å². The Balaban J connectivity index is 2.11. The molecule has 0 bridgehead atoms. The minimum atomic E-state index is -0.795. The summed E-state index contributed by atoms with van der Waals surface area (Å²) in [7, 11) is 0. The number of hydrogen-bond donors (Lipinski definition) is 2. The molecule has 0 aromatic heterocycles. The van der Waals surface area contributed by atoms with Crippen molar-refractivity contribution in [1.82, 2.24) is 10.6 Å². The van der Waals surface area contributed by atoms with E-state index in [0.29, 0.717) is 19.3 Å². The fraction of sp³-hybridized carbons (Fsp3) is 0.429. The van der Waals surface area contributed by atoms with Crippen LogP contribution in [0, 0.1) is 18.8 Å². The van der Waals surface area contributed by atoms with Crippen molar-refractivity contribution < 1.29 is 19.2 Å². The molecule has 2 N–H and O–H groups in total. The summed E-state index contributed by atoms with van der Waals surface area (Å²) in [6.45, 7) is 7.31. The fourth-order valence-electron chi connectivity index (χ4n) is 3.91. The first kappa shape index (κ1) is 27.0. The maximum absolute atomic E-state index is 13.2. The minimum absolute atomic E-state index is 0.0541. The molecule has 2 aromatic rings. The van der Waals surface area contributed by atoms with E-state index >= 15 is 0 Å². The molecule has 0 aliphatic rings. The predicted octanol–water partition coefficient (Wildman–Crippen LogP) is 3.59. The summed E-state index contributed by atoms with van der Waals surface area (Å²) in [6, 6.07) is 15.8. The van der Waals surface area contributed by atoms with Gasteiger partial charge in [0.2, 0.25) is 11.8 Å². The van der Waals surface area contributed by atoms with E-state index in [0.717, 1.165) is 23.0 Å². The molecule has 6 nitrogen and oxygen atoms in total. The van der Waals surface area contributed by atoms with Gasteiger partial charge < -0.3 is 15.4 Å². The molecular weight excluding hydrogens is 428 g/mol. The van der Waals surface area contributed by atoms with Crippen molar-refractivity contribution in [2.75, 3.05) is 0 Å². The van der Waals surface area contributed by atoms with E-state index in [4.69, 9.17) is 0 Å². The van der Waals surface area contributed by atoms with Crippen LogP contribution in [0.25, 0.3) is 0 Å². The summed E-state index contributed by atoms with van der Waals surface area (Å²) in [5.41, 5.74) is 3.03. The number of carbonyl (C=O) groups is 4. The first-order chi connectivity index (χ1) is 16.2. The monoisotopic (exact) mass is 464 g/mol. The number of hydrogen-bond acceptors (Lipinski definition) is 4. The van der Waals surface area contributed by atoms with E-state index in [1.54, 1.807) is 0 Å². The summed E-state index contributed by atoms with van der Waals surface area (Å²) in [4.78, 5) is 49.7. The number of carbonyl (C=O) groups excluding carboxylic acids is 4. The molecule has 3 atom stereocenters. The molecule has 0 radical (unpaired) electrons. The Bertz CT molecular complexity index is 954. The SMILES string of the molecule is CC(=O)N[C@@H](Cc1ccccc1)C(=O)N[C@@H](CC(C)C)C(=O)C[C@H](C=O)Cc1ccc(C)cc1. The van der Waals surface area contributed by atoms with Crippen LogP contribution in [0.2, 0.25) is 0 Å². The topological polar surface area (TPSA) is 92.3 Å². The van der Waals surface area contributed by atoms with E-state index in [-0.39, 0.29) is 24.0 Å². The average molecular weight is 465 g/mol. The van der Waals surface area contributed by atoms with Crippen LogP contribution in [-0.2, 0) is 32.0 Å². The van der Waals surface area contributed by atoms with Crippen molar-refractivity contribution in [3.63, 3.8) is 0 Å². The van der Waals surface area contributed by atoms with Gasteiger partial charge in [0.05, 0.1) is 6.04 Å². The maximum Gasteiger partial charge on any atom is 0.243 e. The third-order valence-electron chi connectivity index (χ3n) is 5.66. The number of amides is 2. The lowest BCUT2D eigenvalue weighted by molar-refractivity contribution is -0.132. The smallest absolute Gasteiger partial charge is 0.243 e. The summed E-state index contributed by atoms with van der Waals surface area (Å²) >= 11 is 0. The molecule has 2 amide bonds. The third kappa shape index (κ3) is 9.30. The van der Waals surface area contributed by atoms with Gasteiger partial charge >= 0.3 is 0 Å². The number of rotatable bonds is 13. The lowest BCUT2D eigenvalue weighted by Crippen LogP contribution is -2.52. The zero-order chi connectivity index (χ0) is 25.1. The number of Topliss-reactive ketones (excluding diaryl/α,β-unsaturated/α-hetero) is 1. The lowest BCUT2D eigenvalue weighted by Gasteiger charge is -2.24. The molecule has 0 saturated carbocycles. The zero-order valence-electron chi connectivity index (χ0n) is 20.5. The number of aryl methyl sites for hydroxylation is 1. The van der Waals surface area contributed by atoms with Gasteiger partial charge in [0.25, 0.3) is 0 Å². The molecular formula is C28H36N2O4. The van der Waals surface area contributed by atoms with Gasteiger partial charge in [-0.05, 0) is 36.8 Å². The first-order valence-electron chi connectivity index (χ1n) is 11.8. The van der Waals surface area contributed by atoms with Gasteiger partial charge in [0, 0.05) is 25.7 Å². The van der Waals surface area contributed by atoms with Gasteiger partial charge in [0.1, 0.15) is 12.3 Å². The van der Waals surface area contributed by atoms with Crippen molar-refractivity contribution in [1.29, 1.82) is 0 Å². The van der Waals surface area contributed by atoms with Crippen LogP contribution in [0.5, 0.6) is 0 Å². The predicted molar refractivity (Wildman–Crippen MR) is 133 cm³/mol. The molecule has 0 aliphatic carbocycles. The molecule has 0 spiro atoms. The van der Waals surface area contributed by atoms with E-state index in [1.807, 2.05) is 75.4 Å². The molecule has 0 aliphatic heterocycles. The molecule has 0 saturated heterocycles. The second-order valence-electron chi connectivity index (χ2n) is 9.39. The number of ketones is 1. The van der Waals surface area contributed by atoms with Crippen molar-refractivity contribution >= 4 is 23.9 Å². The highest BCUT2D eigenvalue weighted by Crippen LogP contribution is 2.16. The van der Waals surface area contributed by atoms with Gasteiger partial charge in [0.15, 0.2) is 5.78 Å². The third-order valence-corrected chi connectivity index (χ3v) is 5.66. The summed E-state index contributed by atoms with van der Waals surface area (Å²) in [6.07, 6.45) is 2.12. The minimum Gasteiger partial charge on any atom is -0.344 e. The molecule has 6 heteroatoms. The normalized spacial score (nSPS) is 13.6. The molecule has 182 valence electrons. The van der Waals surface area contributed by atoms with E-state index in [9.17, 15) is 19.2 Å². The second-order valence-corrected chi connectivity index (χ2v) is 9.39. The summed E-state index contributed by atoms with van der Waals surface area (Å²) in [5.74, 6) is -1.19. The number of nitrogens with one attached hydrogen (secondary N) is 2. The standard InChI is InChI=1S/C28H36N2O4/c1-19(2)14-25(27(33)17-24(18-31)15-23-12-10-20(3)11-13-23)30-28(34)26(29-21(4)32)16-22-8-6-5-7-9-22/h5-13,18-19,24-26H,14-17H2,1-4H3,(H,29,32)(H,30,34)/t24-,25+,26+/m1/s1. The van der Waals surface area contributed by atoms with E-state index < -0.39 is 23.9 Å². The average Bonchev–Trinajstić information content (AvgIpc) is 2.79. The van der Waals surface area contributed by atoms with Gasteiger partial charge in [-0.1, -0.05) is 74.0 Å². The zero-order valence-corrected chi connectivity index (χ0v) is 20.5. The Labute approximate surface area is 202 Å². The Kier molecular flexibility index (Phi) is 10.7. The molecule has 2 aromatic carbocycles. The van der Waals surface area contributed by atoms with Crippen molar-refractivity contribution in [3.8, 4) is 0 Å². The van der Waals surface area contributed by atoms with Crippen molar-refractivity contribution in [2.45, 2.75) is 65.5 Å². The Morgan fingerprint density at radius 1 is 0.853 bits per heavy atom. The second kappa shape index (κ2) is 13.4. The molecule has 34 heavy (non-hydrogen) atoms. The van der Waals surface area contributed by atoms with Gasteiger partial charge in [-0.25, -0.2) is 0 Å². The maximum atomic E-state index is 13.2. The van der Waals surface area contributed by atoms with Gasteiger partial charge in [-0.2, -0.15) is 0 Å². The van der Waals surface area contributed by atoms with Crippen LogP contribution in [0.15, 0.2) is 54.6 Å².